The Balaban J connectivity index is 1.41. The van der Waals surface area contributed by atoms with Crippen LogP contribution in [0.15, 0.2) is 41.1 Å². The average molecular weight is 410 g/mol. The van der Waals surface area contributed by atoms with E-state index in [2.05, 4.69) is 29.4 Å². The standard InChI is InChI=1S/C21H19N3O2S2/c1-13-4-6-14(7-5-13)18-22-15(12-28-18)11-24-19(25)21(23-20(24)26)9-2-3-17-16(21)8-10-27-17/h4-8,10,12H,2-3,9,11H2,1H3,(H,23,26)/t21-/m1/s1. The molecule has 1 fully saturated rings. The lowest BCUT2D eigenvalue weighted by Crippen LogP contribution is -2.46. The van der Waals surface area contributed by atoms with Crippen LogP contribution in [-0.4, -0.2) is 21.8 Å². The Morgan fingerprint density at radius 2 is 2.00 bits per heavy atom. The summed E-state index contributed by atoms with van der Waals surface area (Å²) >= 11 is 3.20. The molecular formula is C21H19N3O2S2. The van der Waals surface area contributed by atoms with Gasteiger partial charge in [-0.1, -0.05) is 29.8 Å². The molecule has 142 valence electrons. The van der Waals surface area contributed by atoms with Crippen LogP contribution < -0.4 is 5.32 Å². The number of aryl methyl sites for hydroxylation is 2. The van der Waals surface area contributed by atoms with E-state index in [1.54, 1.807) is 11.3 Å². The summed E-state index contributed by atoms with van der Waals surface area (Å²) in [6.07, 6.45) is 2.54. The molecule has 5 rings (SSSR count). The van der Waals surface area contributed by atoms with Gasteiger partial charge in [-0.2, -0.15) is 0 Å². The molecule has 3 heterocycles. The quantitative estimate of drug-likeness (QED) is 0.650. The minimum Gasteiger partial charge on any atom is -0.319 e. The molecule has 1 aromatic carbocycles. The second-order valence-corrected chi connectivity index (χ2v) is 9.21. The van der Waals surface area contributed by atoms with E-state index >= 15 is 0 Å². The van der Waals surface area contributed by atoms with Gasteiger partial charge in [-0.15, -0.1) is 22.7 Å². The predicted octanol–water partition coefficient (Wildman–Crippen LogP) is 4.46. The highest BCUT2D eigenvalue weighted by molar-refractivity contribution is 7.13. The molecule has 0 unspecified atom stereocenters. The maximum Gasteiger partial charge on any atom is 0.325 e. The molecule has 1 saturated heterocycles. The second-order valence-electron chi connectivity index (χ2n) is 7.35. The molecule has 2 aromatic heterocycles. The summed E-state index contributed by atoms with van der Waals surface area (Å²) in [5.74, 6) is -0.151. The van der Waals surface area contributed by atoms with Crippen molar-refractivity contribution >= 4 is 34.6 Å². The van der Waals surface area contributed by atoms with Crippen LogP contribution in [0.2, 0.25) is 0 Å². The molecule has 0 bridgehead atoms. The van der Waals surface area contributed by atoms with Crippen molar-refractivity contribution in [1.29, 1.82) is 0 Å². The molecule has 3 amide bonds. The smallest absolute Gasteiger partial charge is 0.319 e. The van der Waals surface area contributed by atoms with Crippen LogP contribution in [0.4, 0.5) is 4.79 Å². The van der Waals surface area contributed by atoms with E-state index in [9.17, 15) is 9.59 Å². The van der Waals surface area contributed by atoms with Gasteiger partial charge >= 0.3 is 6.03 Å². The molecule has 28 heavy (non-hydrogen) atoms. The number of fused-ring (bicyclic) bond motifs is 2. The monoisotopic (exact) mass is 409 g/mol. The van der Waals surface area contributed by atoms with Crippen LogP contribution in [0.25, 0.3) is 10.6 Å². The van der Waals surface area contributed by atoms with Gasteiger partial charge < -0.3 is 5.32 Å². The van der Waals surface area contributed by atoms with Gasteiger partial charge in [0.15, 0.2) is 0 Å². The van der Waals surface area contributed by atoms with Gasteiger partial charge in [-0.25, -0.2) is 9.78 Å². The number of rotatable bonds is 3. The molecule has 7 heteroatoms. The fraction of sp³-hybridized carbons (Fsp3) is 0.286. The highest BCUT2D eigenvalue weighted by Crippen LogP contribution is 2.42. The summed E-state index contributed by atoms with van der Waals surface area (Å²) in [6, 6.07) is 9.85. The molecule has 1 atom stereocenters. The first-order chi connectivity index (χ1) is 13.6. The van der Waals surface area contributed by atoms with Crippen molar-refractivity contribution < 1.29 is 9.59 Å². The zero-order valence-corrected chi connectivity index (χ0v) is 17.0. The van der Waals surface area contributed by atoms with Crippen molar-refractivity contribution in [2.45, 2.75) is 38.3 Å². The average Bonchev–Trinajstić information content (AvgIpc) is 3.40. The summed E-state index contributed by atoms with van der Waals surface area (Å²) < 4.78 is 0. The number of nitrogens with zero attached hydrogens (tertiary/aromatic N) is 2. The number of urea groups is 1. The lowest BCUT2D eigenvalue weighted by Gasteiger charge is -2.31. The van der Waals surface area contributed by atoms with Crippen molar-refractivity contribution in [1.82, 2.24) is 15.2 Å². The first-order valence-corrected chi connectivity index (χ1v) is 11.1. The molecule has 2 aliphatic rings. The van der Waals surface area contributed by atoms with Gasteiger partial charge in [0.25, 0.3) is 5.91 Å². The third-order valence-corrected chi connectivity index (χ3v) is 7.43. The Kier molecular flexibility index (Phi) is 4.10. The Morgan fingerprint density at radius 1 is 1.18 bits per heavy atom. The van der Waals surface area contributed by atoms with Gasteiger partial charge in [0, 0.05) is 21.4 Å². The third kappa shape index (κ3) is 2.69. The predicted molar refractivity (Wildman–Crippen MR) is 110 cm³/mol. The normalized spacial score (nSPS) is 21.2. The number of thiophene rings is 1. The molecule has 0 saturated carbocycles. The first kappa shape index (κ1) is 17.6. The topological polar surface area (TPSA) is 62.3 Å². The number of aromatic nitrogens is 1. The van der Waals surface area contributed by atoms with Crippen LogP contribution in [0.5, 0.6) is 0 Å². The fourth-order valence-electron chi connectivity index (χ4n) is 4.06. The Labute approximate surface area is 171 Å². The number of hydrogen-bond donors (Lipinski definition) is 1. The summed E-state index contributed by atoms with van der Waals surface area (Å²) in [7, 11) is 0. The van der Waals surface area contributed by atoms with Crippen LogP contribution in [0.1, 0.15) is 34.5 Å². The maximum absolute atomic E-state index is 13.3. The number of imide groups is 1. The van der Waals surface area contributed by atoms with Crippen LogP contribution in [0, 0.1) is 6.92 Å². The zero-order valence-electron chi connectivity index (χ0n) is 15.4. The lowest BCUT2D eigenvalue weighted by atomic mass is 9.80. The fourth-order valence-corrected chi connectivity index (χ4v) is 5.87. The van der Waals surface area contributed by atoms with Crippen molar-refractivity contribution in [3.8, 4) is 10.6 Å². The van der Waals surface area contributed by atoms with E-state index in [0.717, 1.165) is 34.7 Å². The Hall–Kier alpha value is -2.51. The number of nitrogens with one attached hydrogen (secondary N) is 1. The minimum absolute atomic E-state index is 0.151. The number of thiazole rings is 1. The van der Waals surface area contributed by atoms with E-state index < -0.39 is 5.54 Å². The zero-order chi connectivity index (χ0) is 19.3. The van der Waals surface area contributed by atoms with Gasteiger partial charge in [0.2, 0.25) is 0 Å². The SMILES string of the molecule is Cc1ccc(-c2nc(CN3C(=O)N[C@@]4(CCCc5sccc54)C3=O)cs2)cc1. The van der Waals surface area contributed by atoms with E-state index in [1.165, 1.54) is 26.7 Å². The molecule has 1 aliphatic heterocycles. The van der Waals surface area contributed by atoms with E-state index in [0.29, 0.717) is 6.42 Å². The molecule has 1 spiro atoms. The number of amides is 3. The summed E-state index contributed by atoms with van der Waals surface area (Å²) in [5.41, 5.74) is 3.07. The molecule has 3 aromatic rings. The van der Waals surface area contributed by atoms with Gasteiger partial charge in [-0.05, 0) is 37.6 Å². The number of benzene rings is 1. The minimum atomic E-state index is -0.888. The van der Waals surface area contributed by atoms with Crippen LogP contribution in [0.3, 0.4) is 0 Å². The lowest BCUT2D eigenvalue weighted by molar-refractivity contribution is -0.132. The molecule has 0 radical (unpaired) electrons. The Bertz CT molecular complexity index is 1070. The van der Waals surface area contributed by atoms with Gasteiger partial charge in [0.1, 0.15) is 10.5 Å². The highest BCUT2D eigenvalue weighted by atomic mass is 32.1. The Morgan fingerprint density at radius 3 is 2.82 bits per heavy atom. The third-order valence-electron chi connectivity index (χ3n) is 5.51. The van der Waals surface area contributed by atoms with Crippen molar-refractivity contribution in [2.75, 3.05) is 0 Å². The van der Waals surface area contributed by atoms with Crippen LogP contribution >= 0.6 is 22.7 Å². The van der Waals surface area contributed by atoms with Gasteiger partial charge in [-0.3, -0.25) is 9.69 Å². The highest BCUT2D eigenvalue weighted by Gasteiger charge is 2.54. The summed E-state index contributed by atoms with van der Waals surface area (Å²) in [5, 5.41) is 7.83. The van der Waals surface area contributed by atoms with E-state index in [1.807, 2.05) is 29.0 Å². The molecule has 5 nitrogen and oxygen atoms in total. The first-order valence-electron chi connectivity index (χ1n) is 9.29. The van der Waals surface area contributed by atoms with E-state index in [-0.39, 0.29) is 18.5 Å². The second kappa shape index (κ2) is 6.53. The largest absolute Gasteiger partial charge is 0.325 e. The molecule has 1 aliphatic carbocycles. The number of carbonyl (C=O) groups excluding carboxylic acids is 2. The molecule has 1 N–H and O–H groups in total. The maximum atomic E-state index is 13.3. The van der Waals surface area contributed by atoms with Crippen molar-refractivity contribution in [3.05, 3.63) is 62.8 Å². The number of hydrogen-bond acceptors (Lipinski definition) is 5. The number of carbonyl (C=O) groups is 2. The van der Waals surface area contributed by atoms with E-state index in [4.69, 9.17) is 0 Å². The van der Waals surface area contributed by atoms with Crippen molar-refractivity contribution in [2.24, 2.45) is 0 Å². The van der Waals surface area contributed by atoms with Gasteiger partial charge in [0.05, 0.1) is 12.2 Å². The van der Waals surface area contributed by atoms with Crippen LogP contribution in [-0.2, 0) is 23.3 Å². The summed E-state index contributed by atoms with van der Waals surface area (Å²) in [6.45, 7) is 2.25. The summed E-state index contributed by atoms with van der Waals surface area (Å²) in [4.78, 5) is 33.2. The van der Waals surface area contributed by atoms with Crippen molar-refractivity contribution in [3.63, 3.8) is 0 Å². The molecular weight excluding hydrogens is 390 g/mol.